The maximum absolute atomic E-state index is 14.0. The highest BCUT2D eigenvalue weighted by molar-refractivity contribution is 9.10. The Morgan fingerprint density at radius 3 is 2.57 bits per heavy atom. The molecule has 21 heavy (non-hydrogen) atoms. The molecule has 3 nitrogen and oxygen atoms in total. The normalized spacial score (nSPS) is 10.4. The molecule has 0 saturated carbocycles. The smallest absolute Gasteiger partial charge is 0.179 e. The minimum Gasteiger partial charge on any atom is -0.490 e. The molecule has 0 aliphatic heterocycles. The quantitative estimate of drug-likeness (QED) is 0.471. The highest BCUT2D eigenvalue weighted by Gasteiger charge is 2.13. The van der Waals surface area contributed by atoms with Gasteiger partial charge in [0.05, 0.1) is 11.1 Å². The number of halogens is 2. The first-order chi connectivity index (χ1) is 10.1. The summed E-state index contributed by atoms with van der Waals surface area (Å²) in [5.74, 6) is -0.543. The van der Waals surface area contributed by atoms with Crippen LogP contribution in [-0.4, -0.2) is 12.4 Å². The Morgan fingerprint density at radius 1 is 1.19 bits per heavy atom. The first-order valence-corrected chi connectivity index (χ1v) is 7.38. The molecule has 0 amide bonds. The molecule has 0 atom stereocenters. The number of ether oxygens (including phenoxy) is 1. The Labute approximate surface area is 131 Å². The van der Waals surface area contributed by atoms with Gasteiger partial charge in [-0.3, -0.25) is 5.41 Å². The van der Waals surface area contributed by atoms with Crippen molar-refractivity contribution in [2.75, 3.05) is 6.61 Å². The predicted molar refractivity (Wildman–Crippen MR) is 85.4 cm³/mol. The third kappa shape index (κ3) is 4.04. The van der Waals surface area contributed by atoms with Crippen molar-refractivity contribution in [3.63, 3.8) is 0 Å². The van der Waals surface area contributed by atoms with Crippen molar-refractivity contribution in [3.8, 4) is 5.75 Å². The van der Waals surface area contributed by atoms with Crippen LogP contribution in [0, 0.1) is 11.2 Å². The van der Waals surface area contributed by atoms with Crippen molar-refractivity contribution >= 4 is 21.8 Å². The van der Waals surface area contributed by atoms with Gasteiger partial charge in [-0.25, -0.2) is 4.39 Å². The van der Waals surface area contributed by atoms with E-state index in [2.05, 4.69) is 28.1 Å². The molecule has 3 N–H and O–H groups in total. The minimum atomic E-state index is -0.526. The highest BCUT2D eigenvalue weighted by atomic mass is 79.9. The van der Waals surface area contributed by atoms with E-state index in [1.165, 1.54) is 11.6 Å². The summed E-state index contributed by atoms with van der Waals surface area (Å²) in [5.41, 5.74) is 6.92. The summed E-state index contributed by atoms with van der Waals surface area (Å²) in [4.78, 5) is 0. The largest absolute Gasteiger partial charge is 0.490 e. The maximum Gasteiger partial charge on any atom is 0.179 e. The van der Waals surface area contributed by atoms with Crippen molar-refractivity contribution in [1.82, 2.24) is 0 Å². The van der Waals surface area contributed by atoms with E-state index in [1.807, 2.05) is 18.2 Å². The third-order valence-corrected chi connectivity index (χ3v) is 3.82. The molecule has 110 valence electrons. The predicted octanol–water partition coefficient (Wildman–Crippen LogP) is 3.88. The number of hydrogen-bond acceptors (Lipinski definition) is 2. The molecule has 0 aliphatic carbocycles. The molecule has 0 aromatic heterocycles. The highest BCUT2D eigenvalue weighted by Crippen LogP contribution is 2.28. The Bertz CT molecular complexity index is 632. The number of nitrogens with one attached hydrogen (secondary N) is 1. The number of hydrogen-bond donors (Lipinski definition) is 2. The molecule has 2 aromatic rings. The summed E-state index contributed by atoms with van der Waals surface area (Å²) >= 11 is 3.10. The van der Waals surface area contributed by atoms with Crippen LogP contribution in [0.25, 0.3) is 0 Å². The van der Waals surface area contributed by atoms with Crippen LogP contribution >= 0.6 is 15.9 Å². The molecular weight excluding hydrogens is 335 g/mol. The third-order valence-electron chi connectivity index (χ3n) is 3.05. The van der Waals surface area contributed by atoms with Crippen LogP contribution in [0.2, 0.25) is 0 Å². The zero-order chi connectivity index (χ0) is 15.2. The van der Waals surface area contributed by atoms with Gasteiger partial charge in [-0.05, 0) is 46.5 Å². The molecule has 0 heterocycles. The molecule has 0 spiro atoms. The number of amidine groups is 1. The summed E-state index contributed by atoms with van der Waals surface area (Å²) in [6.45, 7) is 0.428. The Balaban J connectivity index is 1.92. The van der Waals surface area contributed by atoms with E-state index in [4.69, 9.17) is 15.9 Å². The van der Waals surface area contributed by atoms with Gasteiger partial charge in [0.25, 0.3) is 0 Å². The number of benzene rings is 2. The van der Waals surface area contributed by atoms with Gasteiger partial charge in [0, 0.05) is 5.56 Å². The van der Waals surface area contributed by atoms with E-state index in [0.717, 1.165) is 12.8 Å². The number of nitrogens with two attached hydrogens (primary N) is 1. The van der Waals surface area contributed by atoms with Gasteiger partial charge in [-0.1, -0.05) is 30.3 Å². The van der Waals surface area contributed by atoms with Gasteiger partial charge < -0.3 is 10.5 Å². The van der Waals surface area contributed by atoms with E-state index in [9.17, 15) is 4.39 Å². The molecule has 0 fully saturated rings. The zero-order valence-corrected chi connectivity index (χ0v) is 13.0. The molecule has 0 radical (unpaired) electrons. The second-order valence-electron chi connectivity index (χ2n) is 4.59. The topological polar surface area (TPSA) is 59.1 Å². The summed E-state index contributed by atoms with van der Waals surface area (Å²) in [6.07, 6.45) is 1.69. The molecular formula is C16H16BrFN2O. The maximum atomic E-state index is 14.0. The molecule has 2 aromatic carbocycles. The molecule has 0 bridgehead atoms. The number of rotatable bonds is 6. The molecule has 0 aliphatic rings. The monoisotopic (exact) mass is 350 g/mol. The fourth-order valence-electron chi connectivity index (χ4n) is 1.95. The standard InChI is InChI=1S/C16H16BrFN2O/c17-14-12(16(19)20)8-9-13(15(14)18)21-10-4-7-11-5-2-1-3-6-11/h1-3,5-6,8-9H,4,7,10H2,(H3,19,20). The minimum absolute atomic E-state index is 0.163. The van der Waals surface area contributed by atoms with Gasteiger partial charge in [-0.2, -0.15) is 0 Å². The first kappa shape index (κ1) is 15.5. The van der Waals surface area contributed by atoms with Crippen LogP contribution in [0.15, 0.2) is 46.9 Å². The summed E-state index contributed by atoms with van der Waals surface area (Å²) in [6, 6.07) is 13.1. The van der Waals surface area contributed by atoms with E-state index >= 15 is 0 Å². The Kier molecular flexibility index (Phi) is 5.33. The van der Waals surface area contributed by atoms with Crippen molar-refractivity contribution in [3.05, 3.63) is 63.9 Å². The van der Waals surface area contributed by atoms with Crippen molar-refractivity contribution in [2.45, 2.75) is 12.8 Å². The average Bonchev–Trinajstić information content (AvgIpc) is 2.48. The van der Waals surface area contributed by atoms with Gasteiger partial charge >= 0.3 is 0 Å². The Hall–Kier alpha value is -1.88. The second-order valence-corrected chi connectivity index (χ2v) is 5.38. The van der Waals surface area contributed by atoms with E-state index < -0.39 is 5.82 Å². The van der Waals surface area contributed by atoms with Gasteiger partial charge in [0.2, 0.25) is 0 Å². The van der Waals surface area contributed by atoms with Gasteiger partial charge in [0.15, 0.2) is 11.6 Å². The van der Waals surface area contributed by atoms with Crippen molar-refractivity contribution in [1.29, 1.82) is 5.41 Å². The summed E-state index contributed by atoms with van der Waals surface area (Å²) in [7, 11) is 0. The fourth-order valence-corrected chi connectivity index (χ4v) is 2.50. The lowest BCUT2D eigenvalue weighted by Crippen LogP contribution is -2.13. The molecule has 0 unspecified atom stereocenters. The fraction of sp³-hybridized carbons (Fsp3) is 0.188. The average molecular weight is 351 g/mol. The SMILES string of the molecule is N=C(N)c1ccc(OCCCc2ccccc2)c(F)c1Br. The first-order valence-electron chi connectivity index (χ1n) is 6.58. The molecule has 5 heteroatoms. The lowest BCUT2D eigenvalue weighted by atomic mass is 10.1. The number of aryl methyl sites for hydroxylation is 1. The van der Waals surface area contributed by atoms with Crippen LogP contribution in [0.4, 0.5) is 4.39 Å². The van der Waals surface area contributed by atoms with Crippen LogP contribution in [0.1, 0.15) is 17.5 Å². The Morgan fingerprint density at radius 2 is 1.90 bits per heavy atom. The van der Waals surface area contributed by atoms with Crippen LogP contribution in [-0.2, 0) is 6.42 Å². The molecule has 2 rings (SSSR count). The van der Waals surface area contributed by atoms with Gasteiger partial charge in [0.1, 0.15) is 5.84 Å². The van der Waals surface area contributed by atoms with Crippen LogP contribution in [0.5, 0.6) is 5.75 Å². The van der Waals surface area contributed by atoms with Gasteiger partial charge in [-0.15, -0.1) is 0 Å². The summed E-state index contributed by atoms with van der Waals surface area (Å²) in [5, 5.41) is 7.35. The molecule has 0 saturated heterocycles. The summed E-state index contributed by atoms with van der Waals surface area (Å²) < 4.78 is 19.7. The van der Waals surface area contributed by atoms with E-state index in [0.29, 0.717) is 12.2 Å². The van der Waals surface area contributed by atoms with Crippen molar-refractivity contribution < 1.29 is 9.13 Å². The lowest BCUT2D eigenvalue weighted by molar-refractivity contribution is 0.295. The lowest BCUT2D eigenvalue weighted by Gasteiger charge is -2.10. The van der Waals surface area contributed by atoms with E-state index in [1.54, 1.807) is 6.07 Å². The second kappa shape index (κ2) is 7.22. The van der Waals surface area contributed by atoms with E-state index in [-0.39, 0.29) is 16.1 Å². The van der Waals surface area contributed by atoms with Crippen LogP contribution in [0.3, 0.4) is 0 Å². The van der Waals surface area contributed by atoms with Crippen LogP contribution < -0.4 is 10.5 Å². The zero-order valence-electron chi connectivity index (χ0n) is 11.4. The van der Waals surface area contributed by atoms with Crippen molar-refractivity contribution in [2.24, 2.45) is 5.73 Å². The number of nitrogen functional groups attached to an aromatic ring is 1.